The summed E-state index contributed by atoms with van der Waals surface area (Å²) in [7, 11) is 0. The lowest BCUT2D eigenvalue weighted by Crippen LogP contribution is -2.34. The lowest BCUT2D eigenvalue weighted by Gasteiger charge is -2.25. The van der Waals surface area contributed by atoms with Gasteiger partial charge in [0.2, 0.25) is 19.1 Å². The van der Waals surface area contributed by atoms with Gasteiger partial charge in [0.1, 0.15) is 0 Å². The van der Waals surface area contributed by atoms with Crippen molar-refractivity contribution in [3.05, 3.63) is 59.8 Å². The van der Waals surface area contributed by atoms with Crippen molar-refractivity contribution in [2.75, 3.05) is 39.6 Å². The second-order valence-electron chi connectivity index (χ2n) is 7.93. The predicted molar refractivity (Wildman–Crippen MR) is 124 cm³/mol. The fourth-order valence-electron chi connectivity index (χ4n) is 3.99. The van der Waals surface area contributed by atoms with Crippen LogP contribution in [0.4, 0.5) is 0 Å². The highest BCUT2D eigenvalue weighted by Gasteiger charge is 2.21. The number of ether oxygens (including phenoxy) is 3. The standard InChI is InChI=1S/C13H14N2O.C7H6O2.C5H9NO2/c1-9(16)15-7-6-11-10-4-2-3-5-12(10)14-13(11)8-15;1-2-4-7-6(3-1)8-5-9-7;7-5-6-1-3-8-4-2-6/h2-5,14H,6-8H2,1H3;1-4H,5H2;5H,1-4H2. The molecule has 2 aromatic carbocycles. The summed E-state index contributed by atoms with van der Waals surface area (Å²) in [6.07, 6.45) is 1.82. The van der Waals surface area contributed by atoms with Gasteiger partial charge in [-0.3, -0.25) is 9.59 Å². The van der Waals surface area contributed by atoms with Crippen LogP contribution in [0.3, 0.4) is 0 Å². The zero-order valence-electron chi connectivity index (χ0n) is 18.8. The summed E-state index contributed by atoms with van der Waals surface area (Å²) in [5, 5.41) is 1.31. The normalized spacial score (nSPS) is 16.2. The van der Waals surface area contributed by atoms with Gasteiger partial charge in [-0.1, -0.05) is 30.3 Å². The molecule has 0 unspecified atom stereocenters. The van der Waals surface area contributed by atoms with E-state index in [9.17, 15) is 9.59 Å². The molecule has 1 saturated heterocycles. The topological polar surface area (TPSA) is 84.1 Å². The van der Waals surface area contributed by atoms with Crippen LogP contribution < -0.4 is 9.47 Å². The van der Waals surface area contributed by atoms with Crippen molar-refractivity contribution in [3.63, 3.8) is 0 Å². The van der Waals surface area contributed by atoms with Crippen LogP contribution >= 0.6 is 0 Å². The van der Waals surface area contributed by atoms with Gasteiger partial charge in [-0.15, -0.1) is 0 Å². The van der Waals surface area contributed by atoms with E-state index >= 15 is 0 Å². The largest absolute Gasteiger partial charge is 0.454 e. The zero-order chi connectivity index (χ0) is 23.0. The Balaban J connectivity index is 0.000000129. The van der Waals surface area contributed by atoms with E-state index in [1.165, 1.54) is 22.2 Å². The maximum Gasteiger partial charge on any atom is 0.231 e. The molecule has 6 rings (SSSR count). The average molecular weight is 452 g/mol. The third kappa shape index (κ3) is 5.64. The van der Waals surface area contributed by atoms with Gasteiger partial charge < -0.3 is 29.0 Å². The highest BCUT2D eigenvalue weighted by molar-refractivity contribution is 5.85. The molecule has 3 aliphatic rings. The lowest BCUT2D eigenvalue weighted by molar-refractivity contribution is -0.129. The highest BCUT2D eigenvalue weighted by atomic mass is 16.7. The van der Waals surface area contributed by atoms with Crippen molar-refractivity contribution in [1.82, 2.24) is 14.8 Å². The molecule has 1 fully saturated rings. The Morgan fingerprint density at radius 3 is 2.27 bits per heavy atom. The molecule has 0 bridgehead atoms. The fraction of sp³-hybridized carbons (Fsp3) is 0.360. The van der Waals surface area contributed by atoms with Crippen LogP contribution in [0.1, 0.15) is 18.2 Å². The third-order valence-electron chi connectivity index (χ3n) is 5.80. The molecule has 174 valence electrons. The molecule has 1 aromatic heterocycles. The molecule has 8 heteroatoms. The molecule has 0 radical (unpaired) electrons. The summed E-state index contributed by atoms with van der Waals surface area (Å²) in [5.74, 6) is 1.85. The van der Waals surface area contributed by atoms with Crippen LogP contribution in [0, 0.1) is 0 Å². The van der Waals surface area contributed by atoms with Gasteiger partial charge in [-0.25, -0.2) is 0 Å². The molecule has 8 nitrogen and oxygen atoms in total. The van der Waals surface area contributed by atoms with E-state index in [2.05, 4.69) is 23.2 Å². The number of carbonyl (C=O) groups is 2. The van der Waals surface area contributed by atoms with E-state index in [4.69, 9.17) is 14.2 Å². The second-order valence-corrected chi connectivity index (χ2v) is 7.93. The average Bonchev–Trinajstić information content (AvgIpc) is 3.49. The number of amides is 2. The number of hydrogen-bond donors (Lipinski definition) is 1. The lowest BCUT2D eigenvalue weighted by atomic mass is 10.0. The Hall–Kier alpha value is -3.52. The van der Waals surface area contributed by atoms with Gasteiger partial charge in [0, 0.05) is 43.2 Å². The molecular formula is C25H29N3O5. The number of para-hydroxylation sites is 3. The van der Waals surface area contributed by atoms with Gasteiger partial charge >= 0.3 is 0 Å². The van der Waals surface area contributed by atoms with Crippen molar-refractivity contribution in [1.29, 1.82) is 0 Å². The summed E-state index contributed by atoms with van der Waals surface area (Å²) in [4.78, 5) is 28.4. The molecule has 0 spiro atoms. The first kappa shape index (κ1) is 22.7. The van der Waals surface area contributed by atoms with Gasteiger partial charge in [-0.2, -0.15) is 0 Å². The quantitative estimate of drug-likeness (QED) is 0.575. The Kier molecular flexibility index (Phi) is 7.47. The number of H-pyrrole nitrogens is 1. The van der Waals surface area contributed by atoms with E-state index in [-0.39, 0.29) is 5.91 Å². The van der Waals surface area contributed by atoms with Gasteiger partial charge in [-0.05, 0) is 30.2 Å². The summed E-state index contributed by atoms with van der Waals surface area (Å²) >= 11 is 0. The van der Waals surface area contributed by atoms with Crippen LogP contribution in [0.15, 0.2) is 48.5 Å². The minimum Gasteiger partial charge on any atom is -0.454 e. The summed E-state index contributed by atoms with van der Waals surface area (Å²) in [5.41, 5.74) is 3.76. The van der Waals surface area contributed by atoms with E-state index in [1.807, 2.05) is 35.2 Å². The number of nitrogens with zero attached hydrogens (tertiary/aromatic N) is 2. The Bertz CT molecular complexity index is 1070. The number of aromatic amines is 1. The number of carbonyl (C=O) groups excluding carboxylic acids is 2. The van der Waals surface area contributed by atoms with E-state index in [0.29, 0.717) is 20.0 Å². The molecule has 0 aliphatic carbocycles. The van der Waals surface area contributed by atoms with E-state index < -0.39 is 0 Å². The minimum absolute atomic E-state index is 0.157. The summed E-state index contributed by atoms with van der Waals surface area (Å²) < 4.78 is 15.2. The maximum absolute atomic E-state index is 11.3. The fourth-order valence-corrected chi connectivity index (χ4v) is 3.99. The van der Waals surface area contributed by atoms with Crippen LogP contribution in [0.2, 0.25) is 0 Å². The monoisotopic (exact) mass is 451 g/mol. The van der Waals surface area contributed by atoms with E-state index in [0.717, 1.165) is 50.5 Å². The molecule has 4 heterocycles. The molecule has 1 N–H and O–H groups in total. The summed E-state index contributed by atoms with van der Waals surface area (Å²) in [6, 6.07) is 16.0. The van der Waals surface area contributed by atoms with Gasteiger partial charge in [0.05, 0.1) is 19.8 Å². The molecule has 0 saturated carbocycles. The Morgan fingerprint density at radius 2 is 1.64 bits per heavy atom. The molecular weight excluding hydrogens is 422 g/mol. The molecule has 33 heavy (non-hydrogen) atoms. The first-order valence-electron chi connectivity index (χ1n) is 11.1. The van der Waals surface area contributed by atoms with Crippen molar-refractivity contribution >= 4 is 23.2 Å². The van der Waals surface area contributed by atoms with Crippen LogP contribution in [0.25, 0.3) is 10.9 Å². The van der Waals surface area contributed by atoms with Crippen LogP contribution in [0.5, 0.6) is 11.5 Å². The van der Waals surface area contributed by atoms with Crippen molar-refractivity contribution in [3.8, 4) is 11.5 Å². The first-order chi connectivity index (χ1) is 16.2. The number of morpholine rings is 1. The Labute approximate surface area is 193 Å². The van der Waals surface area contributed by atoms with Gasteiger partial charge in [0.25, 0.3) is 0 Å². The molecule has 3 aromatic rings. The first-order valence-corrected chi connectivity index (χ1v) is 11.1. The number of hydrogen-bond acceptors (Lipinski definition) is 5. The van der Waals surface area contributed by atoms with Crippen LogP contribution in [-0.4, -0.2) is 66.7 Å². The minimum atomic E-state index is 0.157. The molecule has 2 amide bonds. The summed E-state index contributed by atoms with van der Waals surface area (Å²) in [6.45, 7) is 6.45. The highest BCUT2D eigenvalue weighted by Crippen LogP contribution is 2.30. The number of aromatic nitrogens is 1. The number of benzene rings is 2. The SMILES string of the molecule is CC(=O)N1CCc2c([nH]c3ccccc23)C1.O=CN1CCOCC1.c1ccc2c(c1)OCO2. The smallest absolute Gasteiger partial charge is 0.231 e. The molecule has 3 aliphatic heterocycles. The Morgan fingerprint density at radius 1 is 0.970 bits per heavy atom. The van der Waals surface area contributed by atoms with Crippen molar-refractivity contribution in [2.24, 2.45) is 0 Å². The van der Waals surface area contributed by atoms with E-state index in [1.54, 1.807) is 11.8 Å². The zero-order valence-corrected chi connectivity index (χ0v) is 18.8. The maximum atomic E-state index is 11.3. The number of fused-ring (bicyclic) bond motifs is 4. The second kappa shape index (κ2) is 10.9. The third-order valence-corrected chi connectivity index (χ3v) is 5.80. The molecule has 0 atom stereocenters. The predicted octanol–water partition coefficient (Wildman–Crippen LogP) is 2.96. The van der Waals surface area contributed by atoms with Crippen LogP contribution in [-0.2, 0) is 27.3 Å². The van der Waals surface area contributed by atoms with Crippen molar-refractivity contribution in [2.45, 2.75) is 19.9 Å². The van der Waals surface area contributed by atoms with Crippen molar-refractivity contribution < 1.29 is 23.8 Å². The number of rotatable bonds is 1. The number of nitrogens with one attached hydrogen (secondary N) is 1. The van der Waals surface area contributed by atoms with Gasteiger partial charge in [0.15, 0.2) is 11.5 Å².